The molecule has 0 N–H and O–H groups in total. The number of nitrogens with zero attached hydrogens (tertiary/aromatic N) is 6. The van der Waals surface area contributed by atoms with Gasteiger partial charge in [0.25, 0.3) is 0 Å². The second-order valence-electron chi connectivity index (χ2n) is 6.09. The van der Waals surface area contributed by atoms with Crippen molar-refractivity contribution in [1.29, 1.82) is 21.0 Å². The Hall–Kier alpha value is -5.04. The Kier molecular flexibility index (Phi) is 6.08. The summed E-state index contributed by atoms with van der Waals surface area (Å²) in [6.45, 7) is 0. The minimum atomic E-state index is 0.293. The van der Waals surface area contributed by atoms with Crippen LogP contribution in [0.5, 0.6) is 0 Å². The largest absolute Gasteiger partial charge is 0.256 e. The van der Waals surface area contributed by atoms with Gasteiger partial charge in [-0.1, -0.05) is 24.3 Å². The minimum Gasteiger partial charge on any atom is -0.256 e. The van der Waals surface area contributed by atoms with Crippen LogP contribution >= 0.6 is 0 Å². The second-order valence-corrected chi connectivity index (χ2v) is 6.09. The molecule has 0 radical (unpaired) electrons. The van der Waals surface area contributed by atoms with Gasteiger partial charge in [-0.25, -0.2) is 0 Å². The van der Waals surface area contributed by atoms with Crippen molar-refractivity contribution in [2.75, 3.05) is 0 Å². The van der Waals surface area contributed by atoms with Crippen molar-refractivity contribution in [3.8, 4) is 24.3 Å². The van der Waals surface area contributed by atoms with Crippen LogP contribution in [0.4, 0.5) is 11.4 Å². The van der Waals surface area contributed by atoms with E-state index in [1.54, 1.807) is 48.8 Å². The van der Waals surface area contributed by atoms with Gasteiger partial charge in [0.05, 0.1) is 33.6 Å². The van der Waals surface area contributed by atoms with Gasteiger partial charge in [-0.3, -0.25) is 9.98 Å². The zero-order valence-electron chi connectivity index (χ0n) is 15.6. The van der Waals surface area contributed by atoms with Crippen molar-refractivity contribution in [3.05, 3.63) is 94.0 Å². The molecule has 0 heterocycles. The van der Waals surface area contributed by atoms with Crippen molar-refractivity contribution < 1.29 is 0 Å². The van der Waals surface area contributed by atoms with Gasteiger partial charge in [-0.15, -0.1) is 0 Å². The summed E-state index contributed by atoms with van der Waals surface area (Å²) in [5.41, 5.74) is 4.13. The Morgan fingerprint density at radius 1 is 0.500 bits per heavy atom. The van der Waals surface area contributed by atoms with Crippen LogP contribution in [-0.4, -0.2) is 12.4 Å². The van der Waals surface area contributed by atoms with E-state index in [-0.39, 0.29) is 0 Å². The molecular weight excluding hydrogens is 372 g/mol. The first kappa shape index (κ1) is 19.7. The maximum Gasteiger partial charge on any atom is 0.101 e. The summed E-state index contributed by atoms with van der Waals surface area (Å²) in [4.78, 5) is 8.69. The van der Waals surface area contributed by atoms with E-state index < -0.39 is 0 Å². The molecule has 0 unspecified atom stereocenters. The molecule has 0 amide bonds. The Labute approximate surface area is 173 Å². The maximum absolute atomic E-state index is 9.08. The lowest BCUT2D eigenvalue weighted by Gasteiger charge is -1.99. The molecule has 0 aliphatic heterocycles. The third kappa shape index (κ3) is 4.62. The average Bonchev–Trinajstić information content (AvgIpc) is 2.81. The standard InChI is InChI=1S/C24H12N6/c25-11-19-5-7-23(9-21(19)13-27)29-15-17-1-2-18(4-3-17)16-30-24-8-6-20(12-26)22(10-24)14-28/h1-10,15-16H/b29-15+,30-16+. The van der Waals surface area contributed by atoms with Crippen LogP contribution < -0.4 is 0 Å². The fourth-order valence-corrected chi connectivity index (χ4v) is 2.57. The van der Waals surface area contributed by atoms with Crippen molar-refractivity contribution >= 4 is 23.8 Å². The third-order valence-electron chi connectivity index (χ3n) is 4.15. The number of hydrogen-bond donors (Lipinski definition) is 0. The molecule has 138 valence electrons. The number of nitriles is 4. The van der Waals surface area contributed by atoms with E-state index in [2.05, 4.69) is 9.98 Å². The summed E-state index contributed by atoms with van der Waals surface area (Å²) in [5.74, 6) is 0. The SMILES string of the molecule is N#Cc1ccc(/N=C/c2ccc(/C=N/c3ccc(C#N)c(C#N)c3)cc2)cc1C#N. The van der Waals surface area contributed by atoms with Gasteiger partial charge in [-0.2, -0.15) is 21.0 Å². The molecule has 0 aliphatic carbocycles. The Balaban J connectivity index is 1.73. The number of hydrogen-bond acceptors (Lipinski definition) is 6. The summed E-state index contributed by atoms with van der Waals surface area (Å²) >= 11 is 0. The zero-order valence-corrected chi connectivity index (χ0v) is 15.6. The van der Waals surface area contributed by atoms with Crippen LogP contribution in [0.3, 0.4) is 0 Å². The van der Waals surface area contributed by atoms with Gasteiger partial charge in [0.2, 0.25) is 0 Å². The Bertz CT molecular complexity index is 1220. The van der Waals surface area contributed by atoms with Crippen LogP contribution in [0.1, 0.15) is 33.4 Å². The van der Waals surface area contributed by atoms with E-state index in [9.17, 15) is 0 Å². The van der Waals surface area contributed by atoms with E-state index in [0.717, 1.165) is 11.1 Å². The molecule has 0 spiro atoms. The van der Waals surface area contributed by atoms with Gasteiger partial charge in [-0.05, 0) is 47.5 Å². The van der Waals surface area contributed by atoms with E-state index >= 15 is 0 Å². The fourth-order valence-electron chi connectivity index (χ4n) is 2.57. The van der Waals surface area contributed by atoms with Crippen molar-refractivity contribution in [2.45, 2.75) is 0 Å². The lowest BCUT2D eigenvalue weighted by atomic mass is 10.1. The van der Waals surface area contributed by atoms with Crippen LogP contribution in [0.15, 0.2) is 70.6 Å². The molecule has 6 heteroatoms. The summed E-state index contributed by atoms with van der Waals surface area (Å²) in [7, 11) is 0. The summed E-state index contributed by atoms with van der Waals surface area (Å²) in [6.07, 6.45) is 3.34. The Morgan fingerprint density at radius 3 is 1.20 bits per heavy atom. The predicted octanol–water partition coefficient (Wildman–Crippen LogP) is 4.67. The van der Waals surface area contributed by atoms with E-state index in [4.69, 9.17) is 21.0 Å². The zero-order chi connectivity index (χ0) is 21.3. The first-order valence-corrected chi connectivity index (χ1v) is 8.73. The van der Waals surface area contributed by atoms with Crippen molar-refractivity contribution in [1.82, 2.24) is 0 Å². The molecule has 30 heavy (non-hydrogen) atoms. The van der Waals surface area contributed by atoms with Gasteiger partial charge in [0.1, 0.15) is 24.3 Å². The highest BCUT2D eigenvalue weighted by molar-refractivity contribution is 5.86. The topological polar surface area (TPSA) is 120 Å². The van der Waals surface area contributed by atoms with Gasteiger partial charge in [0.15, 0.2) is 0 Å². The van der Waals surface area contributed by atoms with Crippen LogP contribution in [0.25, 0.3) is 0 Å². The molecule has 6 nitrogen and oxygen atoms in total. The van der Waals surface area contributed by atoms with Gasteiger partial charge in [0, 0.05) is 12.4 Å². The highest BCUT2D eigenvalue weighted by atomic mass is 14.7. The van der Waals surface area contributed by atoms with Gasteiger partial charge < -0.3 is 0 Å². The monoisotopic (exact) mass is 384 g/mol. The molecule has 3 rings (SSSR count). The Morgan fingerprint density at radius 2 is 0.867 bits per heavy atom. The second kappa shape index (κ2) is 9.25. The number of rotatable bonds is 4. The molecule has 0 saturated heterocycles. The molecule has 0 fully saturated rings. The molecule has 0 aliphatic rings. The maximum atomic E-state index is 9.08. The van der Waals surface area contributed by atoms with E-state index in [1.165, 1.54) is 0 Å². The predicted molar refractivity (Wildman–Crippen MR) is 113 cm³/mol. The smallest absolute Gasteiger partial charge is 0.101 e. The van der Waals surface area contributed by atoms with E-state index in [0.29, 0.717) is 33.6 Å². The highest BCUT2D eigenvalue weighted by Crippen LogP contribution is 2.19. The summed E-state index contributed by atoms with van der Waals surface area (Å²) in [6, 6.07) is 25.1. The molecule has 3 aromatic rings. The lowest BCUT2D eigenvalue weighted by molar-refractivity contribution is 1.41. The molecule has 0 bridgehead atoms. The molecular formula is C24H12N6. The van der Waals surface area contributed by atoms with Crippen molar-refractivity contribution in [3.63, 3.8) is 0 Å². The highest BCUT2D eigenvalue weighted by Gasteiger charge is 2.02. The molecule has 0 saturated carbocycles. The first-order valence-electron chi connectivity index (χ1n) is 8.73. The molecule has 0 atom stereocenters. The fraction of sp³-hybridized carbons (Fsp3) is 0. The lowest BCUT2D eigenvalue weighted by Crippen LogP contribution is -1.86. The summed E-state index contributed by atoms with van der Waals surface area (Å²) < 4.78 is 0. The van der Waals surface area contributed by atoms with Crippen LogP contribution in [-0.2, 0) is 0 Å². The molecule has 0 aromatic heterocycles. The minimum absolute atomic E-state index is 0.293. The first-order chi connectivity index (χ1) is 14.7. The van der Waals surface area contributed by atoms with Gasteiger partial charge >= 0.3 is 0 Å². The quantitative estimate of drug-likeness (QED) is 0.607. The summed E-state index contributed by atoms with van der Waals surface area (Å²) in [5, 5.41) is 36.1. The van der Waals surface area contributed by atoms with Crippen LogP contribution in [0.2, 0.25) is 0 Å². The third-order valence-corrected chi connectivity index (χ3v) is 4.15. The van der Waals surface area contributed by atoms with Crippen molar-refractivity contribution in [2.24, 2.45) is 9.98 Å². The normalized spacial score (nSPS) is 10.3. The molecule has 3 aromatic carbocycles. The average molecular weight is 384 g/mol. The van der Waals surface area contributed by atoms with Crippen LogP contribution in [0, 0.1) is 45.3 Å². The number of benzene rings is 3. The number of aliphatic imine (C=N–C) groups is 2. The van der Waals surface area contributed by atoms with E-state index in [1.807, 2.05) is 48.5 Å².